The van der Waals surface area contributed by atoms with Crippen molar-refractivity contribution in [1.29, 1.82) is 0 Å². The smallest absolute Gasteiger partial charge is 0.416 e. The van der Waals surface area contributed by atoms with Gasteiger partial charge in [-0.3, -0.25) is 4.79 Å². The van der Waals surface area contributed by atoms with Gasteiger partial charge in [0.1, 0.15) is 0 Å². The molecule has 3 aliphatic rings. The maximum atomic E-state index is 13.0. The fourth-order valence-corrected chi connectivity index (χ4v) is 6.40. The fraction of sp³-hybridized carbons (Fsp3) is 0.500. The van der Waals surface area contributed by atoms with Crippen LogP contribution in [-0.2, 0) is 6.18 Å². The van der Waals surface area contributed by atoms with Crippen molar-refractivity contribution < 1.29 is 22.4 Å². The van der Waals surface area contributed by atoms with Crippen LogP contribution in [0, 0.1) is 11.8 Å². The molecule has 0 bridgehead atoms. The highest BCUT2D eigenvalue weighted by Gasteiger charge is 2.32. The summed E-state index contributed by atoms with van der Waals surface area (Å²) >= 11 is 0. The predicted octanol–water partition coefficient (Wildman–Crippen LogP) is 7.53. The Bertz CT molecular complexity index is 1340. The maximum Gasteiger partial charge on any atom is 0.416 e. The molecule has 2 aliphatic carbocycles. The Morgan fingerprint density at radius 2 is 1.80 bits per heavy atom. The molecule has 2 saturated carbocycles. The molecule has 1 amide bonds. The number of anilines is 2. The van der Waals surface area contributed by atoms with E-state index in [1.54, 1.807) is 18.3 Å². The summed E-state index contributed by atoms with van der Waals surface area (Å²) in [7, 11) is 0. The van der Waals surface area contributed by atoms with Gasteiger partial charge in [0.05, 0.1) is 11.8 Å². The average molecular weight is 567 g/mol. The van der Waals surface area contributed by atoms with Crippen LogP contribution in [0.25, 0.3) is 11.3 Å². The topological polar surface area (TPSA) is 70.4 Å². The quantitative estimate of drug-likeness (QED) is 0.295. The summed E-state index contributed by atoms with van der Waals surface area (Å²) in [6.07, 6.45) is 7.27. The van der Waals surface area contributed by atoms with Crippen LogP contribution in [0.1, 0.15) is 73.7 Å². The number of nitrogens with one attached hydrogen (secondary N) is 2. The molecule has 2 N–H and O–H groups in total. The Balaban J connectivity index is 1.07. The number of carbonyl (C=O) groups excluding carboxylic acids is 1. The molecule has 1 saturated heterocycles. The number of halogens is 3. The van der Waals surface area contributed by atoms with Crippen LogP contribution in [0.4, 0.5) is 24.9 Å². The summed E-state index contributed by atoms with van der Waals surface area (Å²) in [4.78, 5) is 19.2. The van der Waals surface area contributed by atoms with E-state index in [1.807, 2.05) is 24.3 Å². The van der Waals surface area contributed by atoms with Gasteiger partial charge in [-0.15, -0.1) is 0 Å². The number of piperidine rings is 1. The minimum atomic E-state index is -4.31. The summed E-state index contributed by atoms with van der Waals surface area (Å²) in [6, 6.07) is 14.1. The summed E-state index contributed by atoms with van der Waals surface area (Å²) < 4.78 is 45.1. The van der Waals surface area contributed by atoms with Crippen LogP contribution in [0.2, 0.25) is 0 Å². The molecule has 3 atom stereocenters. The van der Waals surface area contributed by atoms with Crippen LogP contribution in [0.5, 0.6) is 0 Å². The Morgan fingerprint density at radius 3 is 2.59 bits per heavy atom. The van der Waals surface area contributed by atoms with Gasteiger partial charge in [-0.2, -0.15) is 13.2 Å². The number of amides is 1. The maximum absolute atomic E-state index is 13.0. The van der Waals surface area contributed by atoms with Crippen molar-refractivity contribution in [3.8, 4) is 11.3 Å². The van der Waals surface area contributed by atoms with Crippen LogP contribution < -0.4 is 15.5 Å². The normalized spacial score (nSPS) is 23.3. The van der Waals surface area contributed by atoms with Crippen molar-refractivity contribution in [1.82, 2.24) is 10.3 Å². The van der Waals surface area contributed by atoms with Crippen LogP contribution in [0.3, 0.4) is 0 Å². The van der Waals surface area contributed by atoms with Gasteiger partial charge in [-0.05, 0) is 93.2 Å². The molecule has 2 aromatic carbocycles. The Morgan fingerprint density at radius 1 is 1.00 bits per heavy atom. The highest BCUT2D eigenvalue weighted by atomic mass is 19.4. The average Bonchev–Trinajstić information content (AvgIpc) is 3.67. The van der Waals surface area contributed by atoms with Gasteiger partial charge in [0.25, 0.3) is 11.9 Å². The lowest BCUT2D eigenvalue weighted by atomic mass is 9.77. The second-order valence-electron chi connectivity index (χ2n) is 11.9. The van der Waals surface area contributed by atoms with Gasteiger partial charge < -0.3 is 20.0 Å². The first kappa shape index (κ1) is 27.7. The number of alkyl halides is 3. The molecule has 0 unspecified atom stereocenters. The molecule has 6 nitrogen and oxygen atoms in total. The molecule has 3 fully saturated rings. The lowest BCUT2D eigenvalue weighted by Crippen LogP contribution is -2.39. The van der Waals surface area contributed by atoms with E-state index in [2.05, 4.69) is 20.5 Å². The standard InChI is InChI=1S/C32H37F3N4O2/c33-32(34,35)25-10-14-27(15-11-25)39-16-4-5-21(20-39)17-22-6-1-2-9-28(22)38-31-36-19-29(41-31)23-7-3-8-24(18-23)30(40)37-26-12-13-26/h3,7-8,10-11,14-15,18-19,21-22,26,28H,1-2,4-6,9,12-13,16-17,20H2,(H,36,38)(H,37,40)/t21-,22+,28-/m1/s1. The molecule has 0 spiro atoms. The van der Waals surface area contributed by atoms with Gasteiger partial charge in [0.2, 0.25) is 0 Å². The number of aromatic nitrogens is 1. The van der Waals surface area contributed by atoms with Crippen molar-refractivity contribution in [2.75, 3.05) is 23.3 Å². The Hall–Kier alpha value is -3.49. The zero-order chi connectivity index (χ0) is 28.4. The molecule has 3 aromatic rings. The summed E-state index contributed by atoms with van der Waals surface area (Å²) in [5.41, 5.74) is 1.69. The van der Waals surface area contributed by atoms with Gasteiger partial charge in [-0.1, -0.05) is 25.0 Å². The number of carbonyl (C=O) groups is 1. The molecular formula is C32H37F3N4O2. The molecule has 9 heteroatoms. The number of benzene rings is 2. The molecule has 0 radical (unpaired) electrons. The number of nitrogens with zero attached hydrogens (tertiary/aromatic N) is 2. The van der Waals surface area contributed by atoms with Crippen molar-refractivity contribution in [2.45, 2.75) is 76.0 Å². The molecule has 41 heavy (non-hydrogen) atoms. The zero-order valence-corrected chi connectivity index (χ0v) is 23.1. The molecule has 1 aliphatic heterocycles. The molecule has 218 valence electrons. The van der Waals surface area contributed by atoms with E-state index in [0.29, 0.717) is 35.2 Å². The third kappa shape index (κ3) is 6.88. The van der Waals surface area contributed by atoms with Crippen molar-refractivity contribution in [3.05, 3.63) is 65.9 Å². The van der Waals surface area contributed by atoms with E-state index < -0.39 is 11.7 Å². The minimum absolute atomic E-state index is 0.0585. The second-order valence-corrected chi connectivity index (χ2v) is 11.9. The number of hydrogen-bond donors (Lipinski definition) is 2. The van der Waals surface area contributed by atoms with E-state index in [-0.39, 0.29) is 11.9 Å². The minimum Gasteiger partial charge on any atom is -0.424 e. The summed E-state index contributed by atoms with van der Waals surface area (Å²) in [6.45, 7) is 1.74. The number of oxazole rings is 1. The van der Waals surface area contributed by atoms with E-state index >= 15 is 0 Å². The van der Waals surface area contributed by atoms with E-state index in [4.69, 9.17) is 4.42 Å². The highest BCUT2D eigenvalue weighted by molar-refractivity contribution is 5.95. The van der Waals surface area contributed by atoms with E-state index in [1.165, 1.54) is 18.6 Å². The van der Waals surface area contributed by atoms with Crippen LogP contribution in [-0.4, -0.2) is 36.1 Å². The van der Waals surface area contributed by atoms with E-state index in [0.717, 1.165) is 75.7 Å². The first-order valence-electron chi connectivity index (χ1n) is 14.9. The zero-order valence-electron chi connectivity index (χ0n) is 23.1. The predicted molar refractivity (Wildman–Crippen MR) is 153 cm³/mol. The lowest BCUT2D eigenvalue weighted by Gasteiger charge is -2.39. The highest BCUT2D eigenvalue weighted by Crippen LogP contribution is 2.37. The van der Waals surface area contributed by atoms with Crippen LogP contribution >= 0.6 is 0 Å². The van der Waals surface area contributed by atoms with Crippen LogP contribution in [0.15, 0.2) is 59.1 Å². The summed E-state index contributed by atoms with van der Waals surface area (Å²) in [5.74, 6) is 1.53. The van der Waals surface area contributed by atoms with Crippen molar-refractivity contribution >= 4 is 17.6 Å². The van der Waals surface area contributed by atoms with Crippen molar-refractivity contribution in [3.63, 3.8) is 0 Å². The number of hydrogen-bond acceptors (Lipinski definition) is 5. The van der Waals surface area contributed by atoms with E-state index in [9.17, 15) is 18.0 Å². The fourth-order valence-electron chi connectivity index (χ4n) is 6.40. The Kier molecular flexibility index (Phi) is 7.95. The summed E-state index contributed by atoms with van der Waals surface area (Å²) in [5, 5.41) is 6.59. The molecule has 6 rings (SSSR count). The second kappa shape index (κ2) is 11.8. The first-order valence-corrected chi connectivity index (χ1v) is 14.9. The molecule has 2 heterocycles. The van der Waals surface area contributed by atoms with Gasteiger partial charge in [0.15, 0.2) is 5.76 Å². The van der Waals surface area contributed by atoms with Crippen molar-refractivity contribution in [2.24, 2.45) is 11.8 Å². The monoisotopic (exact) mass is 566 g/mol. The SMILES string of the molecule is O=C(NC1CC1)c1cccc(-c2cnc(N[C@@H]3CCCC[C@H]3C[C@H]3CCCN(c4ccc(C(F)(F)F)cc4)C3)o2)c1. The number of rotatable bonds is 8. The van der Waals surface area contributed by atoms with Gasteiger partial charge in [-0.25, -0.2) is 4.98 Å². The molecule has 1 aromatic heterocycles. The van der Waals surface area contributed by atoms with Gasteiger partial charge in [0, 0.05) is 42.0 Å². The largest absolute Gasteiger partial charge is 0.424 e. The third-order valence-corrected chi connectivity index (χ3v) is 8.76. The first-order chi connectivity index (χ1) is 19.8. The Labute approximate surface area is 238 Å². The van der Waals surface area contributed by atoms with Gasteiger partial charge >= 0.3 is 6.18 Å². The third-order valence-electron chi connectivity index (χ3n) is 8.76. The lowest BCUT2D eigenvalue weighted by molar-refractivity contribution is -0.137. The molecular weight excluding hydrogens is 529 g/mol.